The summed E-state index contributed by atoms with van der Waals surface area (Å²) in [4.78, 5) is 21.7. The second-order valence-electron chi connectivity index (χ2n) is 3.78. The standard InChI is InChI=1S/C10H12BrNO7S2/c1-19-10(16)6-4-7(8(11)20-6)21(17,18)12-3-2-5(13)9(14)15/h4-5,12-13H,2-3H2,1H3,(H,14,15)/t5-/m0/s1. The van der Waals surface area contributed by atoms with Crippen LogP contribution in [0.25, 0.3) is 0 Å². The monoisotopic (exact) mass is 401 g/mol. The Morgan fingerprint density at radius 2 is 2.14 bits per heavy atom. The smallest absolute Gasteiger partial charge is 0.348 e. The van der Waals surface area contributed by atoms with Crippen LogP contribution in [-0.2, 0) is 19.6 Å². The summed E-state index contributed by atoms with van der Waals surface area (Å²) in [5.74, 6) is -2.10. The fourth-order valence-electron chi connectivity index (χ4n) is 1.27. The Morgan fingerprint density at radius 3 is 2.67 bits per heavy atom. The average Bonchev–Trinajstić information content (AvgIpc) is 2.80. The highest BCUT2D eigenvalue weighted by Crippen LogP contribution is 2.31. The highest BCUT2D eigenvalue weighted by Gasteiger charge is 2.24. The highest BCUT2D eigenvalue weighted by atomic mass is 79.9. The molecule has 0 amide bonds. The van der Waals surface area contributed by atoms with Gasteiger partial charge in [0.15, 0.2) is 6.10 Å². The summed E-state index contributed by atoms with van der Waals surface area (Å²) in [7, 11) is -2.76. The van der Waals surface area contributed by atoms with E-state index in [0.29, 0.717) is 0 Å². The number of hydrogen-bond donors (Lipinski definition) is 3. The summed E-state index contributed by atoms with van der Waals surface area (Å²) in [6.07, 6.45) is -1.93. The van der Waals surface area contributed by atoms with E-state index in [1.54, 1.807) is 0 Å². The Labute approximate surface area is 132 Å². The van der Waals surface area contributed by atoms with Gasteiger partial charge in [0.25, 0.3) is 0 Å². The number of carbonyl (C=O) groups excluding carboxylic acids is 1. The van der Waals surface area contributed by atoms with Gasteiger partial charge in [-0.05, 0) is 28.4 Å². The number of carboxylic acids is 1. The largest absolute Gasteiger partial charge is 0.479 e. The topological polar surface area (TPSA) is 130 Å². The fraction of sp³-hybridized carbons (Fsp3) is 0.400. The lowest BCUT2D eigenvalue weighted by atomic mass is 10.3. The van der Waals surface area contributed by atoms with Crippen molar-refractivity contribution in [1.82, 2.24) is 4.72 Å². The van der Waals surface area contributed by atoms with Gasteiger partial charge < -0.3 is 14.9 Å². The predicted octanol–water partition coefficient (Wildman–Crippen LogP) is 0.411. The molecule has 21 heavy (non-hydrogen) atoms. The number of carboxylic acid groups (broad SMARTS) is 1. The Balaban J connectivity index is 2.81. The van der Waals surface area contributed by atoms with Crippen molar-refractivity contribution in [2.24, 2.45) is 0 Å². The average molecular weight is 402 g/mol. The Hall–Kier alpha value is -1.01. The Kier molecular flexibility index (Phi) is 6.28. The van der Waals surface area contributed by atoms with Gasteiger partial charge in [-0.3, -0.25) is 0 Å². The van der Waals surface area contributed by atoms with Crippen LogP contribution in [0.2, 0.25) is 0 Å². The van der Waals surface area contributed by atoms with Crippen LogP contribution in [0.4, 0.5) is 0 Å². The molecule has 0 aromatic carbocycles. The molecule has 0 bridgehead atoms. The maximum Gasteiger partial charge on any atom is 0.348 e. The third-order valence-corrected chi connectivity index (χ3v) is 6.02. The van der Waals surface area contributed by atoms with E-state index in [0.717, 1.165) is 17.4 Å². The zero-order chi connectivity index (χ0) is 16.2. The summed E-state index contributed by atoms with van der Waals surface area (Å²) in [6.45, 7) is -0.258. The molecule has 11 heteroatoms. The number of methoxy groups -OCH3 is 1. The molecule has 0 saturated heterocycles. The number of halogens is 1. The molecule has 0 aliphatic carbocycles. The van der Waals surface area contributed by atoms with Gasteiger partial charge in [0.05, 0.1) is 10.9 Å². The molecule has 3 N–H and O–H groups in total. The van der Waals surface area contributed by atoms with E-state index in [-0.39, 0.29) is 26.5 Å². The molecule has 1 atom stereocenters. The molecule has 0 aliphatic heterocycles. The molecule has 0 saturated carbocycles. The van der Waals surface area contributed by atoms with E-state index in [4.69, 9.17) is 10.2 Å². The number of ether oxygens (including phenoxy) is 1. The molecule has 0 aliphatic rings. The van der Waals surface area contributed by atoms with Crippen LogP contribution in [0.5, 0.6) is 0 Å². The molecule has 1 heterocycles. The van der Waals surface area contributed by atoms with Crippen LogP contribution in [0.1, 0.15) is 16.1 Å². The minimum absolute atomic E-state index is 0.107. The number of aliphatic carboxylic acids is 1. The second-order valence-corrected chi connectivity index (χ2v) is 7.89. The van der Waals surface area contributed by atoms with E-state index < -0.39 is 28.1 Å². The fourth-order valence-corrected chi connectivity index (χ4v) is 4.80. The zero-order valence-electron chi connectivity index (χ0n) is 10.7. The van der Waals surface area contributed by atoms with Crippen LogP contribution in [0, 0.1) is 0 Å². The zero-order valence-corrected chi connectivity index (χ0v) is 13.9. The number of hydrogen-bond acceptors (Lipinski definition) is 7. The maximum absolute atomic E-state index is 12.0. The Morgan fingerprint density at radius 1 is 1.52 bits per heavy atom. The normalized spacial score (nSPS) is 12.9. The SMILES string of the molecule is COC(=O)c1cc(S(=O)(=O)NCC[C@H](O)C(=O)O)c(Br)s1. The lowest BCUT2D eigenvalue weighted by Gasteiger charge is -2.07. The van der Waals surface area contributed by atoms with Crippen molar-refractivity contribution in [3.8, 4) is 0 Å². The van der Waals surface area contributed by atoms with E-state index in [2.05, 4.69) is 25.4 Å². The summed E-state index contributed by atoms with van der Waals surface area (Å²) < 4.78 is 30.9. The van der Waals surface area contributed by atoms with E-state index >= 15 is 0 Å². The van der Waals surface area contributed by atoms with Crippen molar-refractivity contribution in [3.05, 3.63) is 14.7 Å². The minimum atomic E-state index is -3.93. The number of aliphatic hydroxyl groups is 1. The molecule has 1 rings (SSSR count). The second kappa shape index (κ2) is 7.31. The summed E-state index contributed by atoms with van der Waals surface area (Å²) in [6, 6.07) is 1.15. The summed E-state index contributed by atoms with van der Waals surface area (Å²) in [5, 5.41) is 17.5. The molecule has 1 aromatic heterocycles. The van der Waals surface area contributed by atoms with E-state index in [1.807, 2.05) is 0 Å². The van der Waals surface area contributed by atoms with Gasteiger partial charge >= 0.3 is 11.9 Å². The molecule has 8 nitrogen and oxygen atoms in total. The number of aliphatic hydroxyl groups excluding tert-OH is 1. The van der Waals surface area contributed by atoms with E-state index in [1.165, 1.54) is 7.11 Å². The first kappa shape index (κ1) is 18.0. The first-order chi connectivity index (χ1) is 9.69. The summed E-state index contributed by atoms with van der Waals surface area (Å²) in [5.41, 5.74) is 0. The number of rotatable bonds is 7. The summed E-state index contributed by atoms with van der Waals surface area (Å²) >= 11 is 3.94. The molecule has 118 valence electrons. The number of sulfonamides is 1. The molecule has 0 fully saturated rings. The molecule has 1 aromatic rings. The van der Waals surface area contributed by atoms with Crippen molar-refractivity contribution < 1.29 is 33.0 Å². The number of carbonyl (C=O) groups is 2. The van der Waals surface area contributed by atoms with Crippen molar-refractivity contribution in [2.45, 2.75) is 17.4 Å². The van der Waals surface area contributed by atoms with Crippen molar-refractivity contribution in [3.63, 3.8) is 0 Å². The molecule has 0 radical (unpaired) electrons. The van der Waals surface area contributed by atoms with Gasteiger partial charge in [-0.2, -0.15) is 0 Å². The van der Waals surface area contributed by atoms with Gasteiger partial charge in [-0.25, -0.2) is 22.7 Å². The van der Waals surface area contributed by atoms with Gasteiger partial charge in [0, 0.05) is 6.54 Å². The van der Waals surface area contributed by atoms with E-state index in [9.17, 15) is 18.0 Å². The van der Waals surface area contributed by atoms with Gasteiger partial charge in [-0.15, -0.1) is 11.3 Å². The van der Waals surface area contributed by atoms with Crippen LogP contribution < -0.4 is 4.72 Å². The molecule has 0 unspecified atom stereocenters. The Bertz CT molecular complexity index is 640. The van der Waals surface area contributed by atoms with Crippen molar-refractivity contribution >= 4 is 49.2 Å². The van der Waals surface area contributed by atoms with Gasteiger partial charge in [0.1, 0.15) is 9.77 Å². The van der Waals surface area contributed by atoms with Crippen molar-refractivity contribution in [1.29, 1.82) is 0 Å². The van der Waals surface area contributed by atoms with Gasteiger partial charge in [-0.1, -0.05) is 0 Å². The van der Waals surface area contributed by atoms with Crippen LogP contribution in [0.15, 0.2) is 14.7 Å². The quantitative estimate of drug-likeness (QED) is 0.564. The number of nitrogens with one attached hydrogen (secondary N) is 1. The third kappa shape index (κ3) is 4.74. The first-order valence-corrected chi connectivity index (χ1v) is 8.56. The van der Waals surface area contributed by atoms with Crippen LogP contribution in [0.3, 0.4) is 0 Å². The molecule has 0 spiro atoms. The number of thiophene rings is 1. The van der Waals surface area contributed by atoms with Crippen LogP contribution in [-0.4, -0.2) is 50.3 Å². The first-order valence-electron chi connectivity index (χ1n) is 5.47. The van der Waals surface area contributed by atoms with Gasteiger partial charge in [0.2, 0.25) is 10.0 Å². The van der Waals surface area contributed by atoms with Crippen LogP contribution >= 0.6 is 27.3 Å². The maximum atomic E-state index is 12.0. The van der Waals surface area contributed by atoms with Crippen molar-refractivity contribution in [2.75, 3.05) is 13.7 Å². The lowest BCUT2D eigenvalue weighted by molar-refractivity contribution is -0.146. The highest BCUT2D eigenvalue weighted by molar-refractivity contribution is 9.11. The lowest BCUT2D eigenvalue weighted by Crippen LogP contribution is -2.30. The molecular formula is C10H12BrNO7S2. The number of esters is 1. The third-order valence-electron chi connectivity index (χ3n) is 2.33. The minimum Gasteiger partial charge on any atom is -0.479 e. The molecular weight excluding hydrogens is 390 g/mol. The predicted molar refractivity (Wildman–Crippen MR) is 76.8 cm³/mol.